The number of carbonyl (C=O) groups excluding carboxylic acids is 1. The molecule has 2 aromatic carbocycles. The normalized spacial score (nSPS) is 10.3. The topological polar surface area (TPSA) is 38.3 Å². The highest BCUT2D eigenvalue weighted by molar-refractivity contribution is 9.10. The van der Waals surface area contributed by atoms with Crippen LogP contribution in [0.2, 0.25) is 10.0 Å². The predicted molar refractivity (Wildman–Crippen MR) is 89.3 cm³/mol. The molecule has 2 rings (SSSR count). The molecule has 0 heterocycles. The van der Waals surface area contributed by atoms with Crippen LogP contribution in [0.5, 0.6) is 0 Å². The monoisotopic (exact) mass is 387 g/mol. The van der Waals surface area contributed by atoms with E-state index in [1.54, 1.807) is 18.2 Å². The van der Waals surface area contributed by atoms with Gasteiger partial charge in [0.25, 0.3) is 0 Å². The first-order valence-corrected chi connectivity index (χ1v) is 7.62. The fraction of sp³-hybridized carbons (Fsp3) is 0.133. The smallest absolute Gasteiger partial charge is 0.339 e. The van der Waals surface area contributed by atoms with E-state index in [-0.39, 0.29) is 0 Å². The molecule has 1 N–H and O–H groups in total. The van der Waals surface area contributed by atoms with Crippen molar-refractivity contribution in [3.8, 4) is 0 Å². The first-order chi connectivity index (χ1) is 10.0. The zero-order valence-electron chi connectivity index (χ0n) is 11.1. The molecule has 0 atom stereocenters. The first-order valence-electron chi connectivity index (χ1n) is 6.07. The maximum atomic E-state index is 11.6. The van der Waals surface area contributed by atoms with Crippen molar-refractivity contribution in [1.82, 2.24) is 0 Å². The third kappa shape index (κ3) is 4.13. The summed E-state index contributed by atoms with van der Waals surface area (Å²) in [5, 5.41) is 4.25. The highest BCUT2D eigenvalue weighted by Crippen LogP contribution is 2.24. The van der Waals surface area contributed by atoms with Gasteiger partial charge >= 0.3 is 5.97 Å². The fourth-order valence-electron chi connectivity index (χ4n) is 1.78. The lowest BCUT2D eigenvalue weighted by atomic mass is 10.2. The second-order valence-electron chi connectivity index (χ2n) is 4.28. The lowest BCUT2D eigenvalue weighted by molar-refractivity contribution is 0.0601. The van der Waals surface area contributed by atoms with Crippen molar-refractivity contribution in [2.75, 3.05) is 12.4 Å². The van der Waals surface area contributed by atoms with Gasteiger partial charge in [0.2, 0.25) is 0 Å². The molecular weight excluding hydrogens is 377 g/mol. The molecule has 2 aromatic rings. The van der Waals surface area contributed by atoms with Crippen molar-refractivity contribution >= 4 is 50.8 Å². The van der Waals surface area contributed by atoms with Gasteiger partial charge in [-0.1, -0.05) is 39.1 Å². The molecule has 21 heavy (non-hydrogen) atoms. The number of esters is 1. The largest absolute Gasteiger partial charge is 0.465 e. The quantitative estimate of drug-likeness (QED) is 0.735. The van der Waals surface area contributed by atoms with Crippen LogP contribution >= 0.6 is 39.1 Å². The van der Waals surface area contributed by atoms with Crippen molar-refractivity contribution in [1.29, 1.82) is 0 Å². The Hall–Kier alpha value is -1.23. The van der Waals surface area contributed by atoms with Crippen molar-refractivity contribution in [3.63, 3.8) is 0 Å². The predicted octanol–water partition coefficient (Wildman–Crippen LogP) is 5.15. The number of rotatable bonds is 4. The molecule has 0 aliphatic carbocycles. The summed E-state index contributed by atoms with van der Waals surface area (Å²) < 4.78 is 5.65. The summed E-state index contributed by atoms with van der Waals surface area (Å²) in [4.78, 5) is 11.6. The first kappa shape index (κ1) is 16.1. The molecule has 0 unspecified atom stereocenters. The Morgan fingerprint density at radius 2 is 2.00 bits per heavy atom. The SMILES string of the molecule is COC(=O)c1cc(NCc2cc(Cl)ccc2Br)ccc1Cl. The van der Waals surface area contributed by atoms with E-state index in [4.69, 9.17) is 27.9 Å². The summed E-state index contributed by atoms with van der Waals surface area (Å²) in [6.07, 6.45) is 0. The van der Waals surface area contributed by atoms with Gasteiger partial charge in [-0.15, -0.1) is 0 Å². The van der Waals surface area contributed by atoms with Gasteiger partial charge in [-0.25, -0.2) is 4.79 Å². The van der Waals surface area contributed by atoms with Crippen LogP contribution in [0.25, 0.3) is 0 Å². The average Bonchev–Trinajstić information content (AvgIpc) is 2.48. The average molecular weight is 389 g/mol. The van der Waals surface area contributed by atoms with E-state index < -0.39 is 5.97 Å². The minimum atomic E-state index is -0.465. The Morgan fingerprint density at radius 1 is 1.24 bits per heavy atom. The van der Waals surface area contributed by atoms with Gasteiger partial charge in [0.05, 0.1) is 17.7 Å². The highest BCUT2D eigenvalue weighted by atomic mass is 79.9. The van der Waals surface area contributed by atoms with Crippen molar-refractivity contribution in [2.24, 2.45) is 0 Å². The van der Waals surface area contributed by atoms with E-state index in [1.165, 1.54) is 7.11 Å². The number of halogens is 3. The van der Waals surface area contributed by atoms with Crippen LogP contribution in [0.15, 0.2) is 40.9 Å². The Labute approximate surface area is 141 Å². The standard InChI is InChI=1S/C15H12BrCl2NO2/c1-21-15(20)12-7-11(3-5-14(12)18)19-8-9-6-10(17)2-4-13(9)16/h2-7,19H,8H2,1H3. The molecule has 0 amide bonds. The van der Waals surface area contributed by atoms with Gasteiger partial charge in [-0.05, 0) is 42.0 Å². The number of nitrogens with one attached hydrogen (secondary N) is 1. The summed E-state index contributed by atoms with van der Waals surface area (Å²) in [7, 11) is 1.32. The van der Waals surface area contributed by atoms with Crippen LogP contribution in [-0.4, -0.2) is 13.1 Å². The van der Waals surface area contributed by atoms with Gasteiger partial charge < -0.3 is 10.1 Å². The molecule has 0 saturated heterocycles. The van der Waals surface area contributed by atoms with E-state index in [2.05, 4.69) is 21.2 Å². The minimum Gasteiger partial charge on any atom is -0.465 e. The molecule has 0 fully saturated rings. The third-order valence-corrected chi connectivity index (χ3v) is 4.20. The van der Waals surface area contributed by atoms with E-state index in [9.17, 15) is 4.79 Å². The highest BCUT2D eigenvalue weighted by Gasteiger charge is 2.11. The summed E-state index contributed by atoms with van der Waals surface area (Å²) in [5.74, 6) is -0.465. The maximum Gasteiger partial charge on any atom is 0.339 e. The van der Waals surface area contributed by atoms with Gasteiger partial charge in [0, 0.05) is 21.7 Å². The van der Waals surface area contributed by atoms with E-state index >= 15 is 0 Å². The van der Waals surface area contributed by atoms with E-state index in [0.29, 0.717) is 22.2 Å². The number of hydrogen-bond acceptors (Lipinski definition) is 3. The van der Waals surface area contributed by atoms with Gasteiger partial charge in [-0.2, -0.15) is 0 Å². The lowest BCUT2D eigenvalue weighted by Crippen LogP contribution is -2.05. The molecule has 0 spiro atoms. The minimum absolute atomic E-state index is 0.328. The van der Waals surface area contributed by atoms with Crippen LogP contribution in [0.4, 0.5) is 5.69 Å². The van der Waals surface area contributed by atoms with Crippen molar-refractivity contribution < 1.29 is 9.53 Å². The van der Waals surface area contributed by atoms with E-state index in [1.807, 2.05) is 18.2 Å². The second kappa shape index (κ2) is 7.16. The molecule has 0 aliphatic rings. The van der Waals surface area contributed by atoms with Crippen LogP contribution in [-0.2, 0) is 11.3 Å². The molecule has 0 aromatic heterocycles. The summed E-state index contributed by atoms with van der Waals surface area (Å²) in [5.41, 5.74) is 2.11. The van der Waals surface area contributed by atoms with Gasteiger partial charge in [-0.3, -0.25) is 0 Å². The van der Waals surface area contributed by atoms with Gasteiger partial charge in [0.15, 0.2) is 0 Å². The van der Waals surface area contributed by atoms with Crippen LogP contribution in [0, 0.1) is 0 Å². The maximum absolute atomic E-state index is 11.6. The molecule has 6 heteroatoms. The Morgan fingerprint density at radius 3 is 2.71 bits per heavy atom. The molecule has 3 nitrogen and oxygen atoms in total. The molecule has 0 radical (unpaired) electrons. The van der Waals surface area contributed by atoms with Gasteiger partial charge in [0.1, 0.15) is 0 Å². The number of benzene rings is 2. The number of anilines is 1. The Kier molecular flexibility index (Phi) is 5.51. The Balaban J connectivity index is 2.17. The number of hydrogen-bond donors (Lipinski definition) is 1. The van der Waals surface area contributed by atoms with Crippen LogP contribution in [0.3, 0.4) is 0 Å². The van der Waals surface area contributed by atoms with Crippen molar-refractivity contribution in [3.05, 3.63) is 62.0 Å². The molecular formula is C15H12BrCl2NO2. The zero-order chi connectivity index (χ0) is 15.4. The number of carbonyl (C=O) groups is 1. The summed E-state index contributed by atoms with van der Waals surface area (Å²) in [6.45, 7) is 0.559. The number of methoxy groups -OCH3 is 1. The zero-order valence-corrected chi connectivity index (χ0v) is 14.2. The lowest BCUT2D eigenvalue weighted by Gasteiger charge is -2.10. The second-order valence-corrected chi connectivity index (χ2v) is 5.97. The fourth-order valence-corrected chi connectivity index (χ4v) is 2.55. The van der Waals surface area contributed by atoms with Crippen molar-refractivity contribution in [2.45, 2.75) is 6.54 Å². The molecule has 0 aliphatic heterocycles. The molecule has 0 bridgehead atoms. The number of ether oxygens (including phenoxy) is 1. The molecule has 110 valence electrons. The molecule has 0 saturated carbocycles. The third-order valence-electron chi connectivity index (χ3n) is 2.86. The summed E-state index contributed by atoms with van der Waals surface area (Å²) >= 11 is 15.4. The Bertz CT molecular complexity index is 677. The van der Waals surface area contributed by atoms with Crippen LogP contribution < -0.4 is 5.32 Å². The van der Waals surface area contributed by atoms with Crippen LogP contribution in [0.1, 0.15) is 15.9 Å². The van der Waals surface area contributed by atoms with E-state index in [0.717, 1.165) is 15.7 Å². The summed E-state index contributed by atoms with van der Waals surface area (Å²) in [6, 6.07) is 10.7.